The molecule has 0 amide bonds. The van der Waals surface area contributed by atoms with Crippen molar-refractivity contribution in [2.45, 2.75) is 13.0 Å². The molecule has 0 radical (unpaired) electrons. The summed E-state index contributed by atoms with van der Waals surface area (Å²) in [6.45, 7) is 1.85. The molecule has 2 rings (SSSR count). The van der Waals surface area contributed by atoms with Crippen LogP contribution in [0.15, 0.2) is 40.9 Å². The van der Waals surface area contributed by atoms with Crippen LogP contribution in [0.2, 0.25) is 0 Å². The van der Waals surface area contributed by atoms with Gasteiger partial charge in [-0.05, 0) is 36.8 Å². The van der Waals surface area contributed by atoms with Crippen LogP contribution in [0.3, 0.4) is 0 Å². The Bertz CT molecular complexity index is 602. The lowest BCUT2D eigenvalue weighted by Gasteiger charge is -2.11. The molecular weight excluding hydrogens is 316 g/mol. The van der Waals surface area contributed by atoms with Gasteiger partial charge in [-0.3, -0.25) is 0 Å². The molecule has 100 valence electrons. The average molecular weight is 328 g/mol. The van der Waals surface area contributed by atoms with E-state index in [2.05, 4.69) is 15.9 Å². The Morgan fingerprint density at radius 1 is 1.21 bits per heavy atom. The summed E-state index contributed by atoms with van der Waals surface area (Å²) >= 11 is 3.37. The SMILES string of the molecule is C[C@H](N)c1ccc(Oc2cccc(F)c2F)cc1Br. The summed E-state index contributed by atoms with van der Waals surface area (Å²) in [7, 11) is 0. The Morgan fingerprint density at radius 3 is 2.58 bits per heavy atom. The maximum atomic E-state index is 13.5. The zero-order valence-corrected chi connectivity index (χ0v) is 11.7. The molecule has 0 saturated carbocycles. The van der Waals surface area contributed by atoms with E-state index in [1.54, 1.807) is 18.2 Å². The molecule has 2 N–H and O–H groups in total. The van der Waals surface area contributed by atoms with Crippen molar-refractivity contribution >= 4 is 15.9 Å². The number of hydrogen-bond donors (Lipinski definition) is 1. The summed E-state index contributed by atoms with van der Waals surface area (Å²) in [6.07, 6.45) is 0. The molecule has 0 aliphatic carbocycles. The van der Waals surface area contributed by atoms with E-state index >= 15 is 0 Å². The fourth-order valence-corrected chi connectivity index (χ4v) is 2.35. The van der Waals surface area contributed by atoms with Gasteiger partial charge in [0.25, 0.3) is 0 Å². The van der Waals surface area contributed by atoms with E-state index in [9.17, 15) is 8.78 Å². The highest BCUT2D eigenvalue weighted by Gasteiger charge is 2.11. The van der Waals surface area contributed by atoms with Crippen molar-refractivity contribution in [1.82, 2.24) is 0 Å². The molecule has 2 aromatic rings. The summed E-state index contributed by atoms with van der Waals surface area (Å²) in [4.78, 5) is 0. The number of benzene rings is 2. The minimum absolute atomic E-state index is 0.130. The predicted molar refractivity (Wildman–Crippen MR) is 73.2 cm³/mol. The molecule has 0 aromatic heterocycles. The van der Waals surface area contributed by atoms with Crippen LogP contribution in [0.25, 0.3) is 0 Å². The van der Waals surface area contributed by atoms with Crippen LogP contribution in [0.1, 0.15) is 18.5 Å². The van der Waals surface area contributed by atoms with Crippen molar-refractivity contribution in [3.8, 4) is 11.5 Å². The first-order valence-electron chi connectivity index (χ1n) is 5.66. The molecule has 2 aromatic carbocycles. The van der Waals surface area contributed by atoms with Crippen molar-refractivity contribution in [1.29, 1.82) is 0 Å². The molecule has 0 bridgehead atoms. The second-order valence-electron chi connectivity index (χ2n) is 4.13. The third-order valence-corrected chi connectivity index (χ3v) is 3.29. The number of hydrogen-bond acceptors (Lipinski definition) is 2. The van der Waals surface area contributed by atoms with E-state index in [-0.39, 0.29) is 11.8 Å². The van der Waals surface area contributed by atoms with Crippen LogP contribution in [0.4, 0.5) is 8.78 Å². The van der Waals surface area contributed by atoms with Gasteiger partial charge in [-0.1, -0.05) is 28.1 Å². The zero-order valence-electron chi connectivity index (χ0n) is 10.2. The first-order chi connectivity index (χ1) is 8.99. The van der Waals surface area contributed by atoms with Gasteiger partial charge in [0.05, 0.1) is 0 Å². The standard InChI is InChI=1S/C14H12BrF2NO/c1-8(18)10-6-5-9(7-11(10)15)19-13-4-2-3-12(16)14(13)17/h2-8H,18H2,1H3/t8-/m0/s1. The van der Waals surface area contributed by atoms with Crippen molar-refractivity contribution in [2.75, 3.05) is 0 Å². The summed E-state index contributed by atoms with van der Waals surface area (Å²) in [5, 5.41) is 0. The van der Waals surface area contributed by atoms with Crippen molar-refractivity contribution in [3.63, 3.8) is 0 Å². The Hall–Kier alpha value is -1.46. The van der Waals surface area contributed by atoms with E-state index in [0.29, 0.717) is 5.75 Å². The van der Waals surface area contributed by atoms with Crippen molar-refractivity contribution < 1.29 is 13.5 Å². The van der Waals surface area contributed by atoms with Crippen molar-refractivity contribution in [3.05, 3.63) is 58.1 Å². The lowest BCUT2D eigenvalue weighted by Crippen LogP contribution is -2.05. The average Bonchev–Trinajstić information content (AvgIpc) is 2.34. The number of halogens is 3. The minimum atomic E-state index is -1.00. The van der Waals surface area contributed by atoms with Crippen LogP contribution in [0, 0.1) is 11.6 Å². The lowest BCUT2D eigenvalue weighted by atomic mass is 10.1. The van der Waals surface area contributed by atoms with E-state index < -0.39 is 11.6 Å². The van der Waals surface area contributed by atoms with E-state index in [4.69, 9.17) is 10.5 Å². The molecule has 0 saturated heterocycles. The third kappa shape index (κ3) is 3.11. The summed E-state index contributed by atoms with van der Waals surface area (Å²) < 4.78 is 32.6. The monoisotopic (exact) mass is 327 g/mol. The van der Waals surface area contributed by atoms with Gasteiger partial charge >= 0.3 is 0 Å². The molecule has 0 heterocycles. The smallest absolute Gasteiger partial charge is 0.201 e. The molecule has 5 heteroatoms. The van der Waals surface area contributed by atoms with Crippen LogP contribution in [-0.4, -0.2) is 0 Å². The van der Waals surface area contributed by atoms with E-state index in [1.807, 2.05) is 6.92 Å². The van der Waals surface area contributed by atoms with Gasteiger partial charge in [-0.15, -0.1) is 0 Å². The number of ether oxygens (including phenoxy) is 1. The maximum Gasteiger partial charge on any atom is 0.201 e. The van der Waals surface area contributed by atoms with Crippen molar-refractivity contribution in [2.24, 2.45) is 5.73 Å². The number of rotatable bonds is 3. The van der Waals surface area contributed by atoms with E-state index in [1.165, 1.54) is 12.1 Å². The van der Waals surface area contributed by atoms with E-state index in [0.717, 1.165) is 16.1 Å². The second kappa shape index (κ2) is 5.67. The van der Waals surface area contributed by atoms with Gasteiger partial charge in [0.1, 0.15) is 5.75 Å². The highest BCUT2D eigenvalue weighted by atomic mass is 79.9. The molecule has 0 spiro atoms. The Morgan fingerprint density at radius 2 is 1.95 bits per heavy atom. The van der Waals surface area contributed by atoms with Gasteiger partial charge in [0, 0.05) is 10.5 Å². The van der Waals surface area contributed by atoms with Gasteiger partial charge < -0.3 is 10.5 Å². The molecule has 0 aliphatic heterocycles. The van der Waals surface area contributed by atoms with Gasteiger partial charge in [-0.2, -0.15) is 4.39 Å². The van der Waals surface area contributed by atoms with Crippen LogP contribution in [0.5, 0.6) is 11.5 Å². The molecule has 0 fully saturated rings. The molecule has 0 unspecified atom stereocenters. The van der Waals surface area contributed by atoms with Crippen LogP contribution >= 0.6 is 15.9 Å². The molecule has 1 atom stereocenters. The molecule has 19 heavy (non-hydrogen) atoms. The fourth-order valence-electron chi connectivity index (χ4n) is 1.63. The normalized spacial score (nSPS) is 12.3. The minimum Gasteiger partial charge on any atom is -0.454 e. The van der Waals surface area contributed by atoms with Gasteiger partial charge in [0.2, 0.25) is 5.82 Å². The summed E-state index contributed by atoms with van der Waals surface area (Å²) in [5.74, 6) is -1.69. The Kier molecular flexibility index (Phi) is 4.17. The first kappa shape index (κ1) is 14.0. The van der Waals surface area contributed by atoms with Crippen LogP contribution < -0.4 is 10.5 Å². The van der Waals surface area contributed by atoms with Crippen LogP contribution in [-0.2, 0) is 0 Å². The largest absolute Gasteiger partial charge is 0.454 e. The maximum absolute atomic E-state index is 13.5. The lowest BCUT2D eigenvalue weighted by molar-refractivity contribution is 0.416. The third-order valence-electron chi connectivity index (χ3n) is 2.61. The quantitative estimate of drug-likeness (QED) is 0.898. The van der Waals surface area contributed by atoms with Gasteiger partial charge in [0.15, 0.2) is 11.6 Å². The molecular formula is C14H12BrF2NO. The summed E-state index contributed by atoms with van der Waals surface area (Å²) in [5.41, 5.74) is 6.69. The number of nitrogens with two attached hydrogens (primary N) is 1. The first-order valence-corrected chi connectivity index (χ1v) is 6.45. The molecule has 0 aliphatic rings. The fraction of sp³-hybridized carbons (Fsp3) is 0.143. The molecule has 2 nitrogen and oxygen atoms in total. The predicted octanol–water partition coefficient (Wildman–Crippen LogP) is 4.54. The van der Waals surface area contributed by atoms with Gasteiger partial charge in [-0.25, -0.2) is 4.39 Å². The topological polar surface area (TPSA) is 35.2 Å². The highest BCUT2D eigenvalue weighted by Crippen LogP contribution is 2.31. The second-order valence-corrected chi connectivity index (χ2v) is 4.98. The highest BCUT2D eigenvalue weighted by molar-refractivity contribution is 9.10. The Labute approximate surface area is 118 Å². The zero-order chi connectivity index (χ0) is 14.0. The summed E-state index contributed by atoms with van der Waals surface area (Å²) in [6, 6.07) is 8.77. The Balaban J connectivity index is 2.29.